The number of allylic oxidation sites excluding steroid dienone is 1. The molecular formula is C27H42N2O5S. The molecule has 3 saturated heterocycles. The lowest BCUT2D eigenvalue weighted by Crippen LogP contribution is -2.55. The number of rotatable bonds is 16. The fraction of sp³-hybridized carbons (Fsp3) is 0.741. The Bertz CT molecular complexity index is 790. The number of fused-ring (bicyclic) bond motifs is 1. The minimum Gasteiger partial charge on any atom is -0.465 e. The predicted octanol–water partition coefficient (Wildman–Crippen LogP) is 3.56. The SMILES string of the molecule is C=CCCCOC(=O)[C@@H]1[C@H]2C(=O)N(CCCCCO)C(C(=O)N(CC=C)CCCC)C23CC[C@H]1S3. The van der Waals surface area contributed by atoms with Gasteiger partial charge < -0.3 is 19.6 Å². The van der Waals surface area contributed by atoms with E-state index in [9.17, 15) is 19.5 Å². The topological polar surface area (TPSA) is 87.1 Å². The summed E-state index contributed by atoms with van der Waals surface area (Å²) in [5, 5.41) is 9.19. The maximum atomic E-state index is 14.0. The number of carbonyl (C=O) groups is 3. The van der Waals surface area contributed by atoms with E-state index in [1.54, 1.807) is 28.8 Å². The third kappa shape index (κ3) is 5.63. The van der Waals surface area contributed by atoms with Gasteiger partial charge >= 0.3 is 5.97 Å². The fourth-order valence-corrected chi connectivity index (χ4v) is 8.18. The standard InChI is InChI=1S/C27H42N2O5S/c1-4-7-12-19-34-26(33)21-20-13-14-27(35-20)22(21)24(31)29(17-10-9-11-18-30)23(27)25(32)28(15-6-3)16-8-5-2/h4,6,20-23,30H,1,3,5,7-19H2,2H3/t20-,21+,22+,23?,27?/m1/s1. The fourth-order valence-electron chi connectivity index (χ4n) is 5.98. The van der Waals surface area contributed by atoms with Gasteiger partial charge in [0.1, 0.15) is 6.04 Å². The number of likely N-dealkylation sites (tertiary alicyclic amines) is 1. The zero-order chi connectivity index (χ0) is 25.4. The Balaban J connectivity index is 1.88. The summed E-state index contributed by atoms with van der Waals surface area (Å²) < 4.78 is 5.03. The van der Waals surface area contributed by atoms with Crippen LogP contribution < -0.4 is 0 Å². The number of unbranched alkanes of at least 4 members (excludes halogenated alkanes) is 4. The summed E-state index contributed by atoms with van der Waals surface area (Å²) in [6, 6.07) is -0.570. The Hall–Kier alpha value is -1.80. The van der Waals surface area contributed by atoms with E-state index in [4.69, 9.17) is 4.74 Å². The third-order valence-electron chi connectivity index (χ3n) is 7.60. The summed E-state index contributed by atoms with van der Waals surface area (Å²) >= 11 is 1.68. The maximum Gasteiger partial charge on any atom is 0.310 e. The van der Waals surface area contributed by atoms with Gasteiger partial charge in [0.25, 0.3) is 0 Å². The summed E-state index contributed by atoms with van der Waals surface area (Å²) in [5.74, 6) is -1.41. The summed E-state index contributed by atoms with van der Waals surface area (Å²) in [7, 11) is 0. The van der Waals surface area contributed by atoms with Crippen LogP contribution in [-0.2, 0) is 19.1 Å². The van der Waals surface area contributed by atoms with E-state index in [2.05, 4.69) is 20.1 Å². The first-order valence-electron chi connectivity index (χ1n) is 13.2. The van der Waals surface area contributed by atoms with Gasteiger partial charge in [-0.05, 0) is 51.4 Å². The van der Waals surface area contributed by atoms with E-state index in [0.29, 0.717) is 32.7 Å². The zero-order valence-corrected chi connectivity index (χ0v) is 22.0. The number of thioether (sulfide) groups is 1. The van der Waals surface area contributed by atoms with Crippen LogP contribution in [0.15, 0.2) is 25.3 Å². The van der Waals surface area contributed by atoms with Gasteiger partial charge in [0.2, 0.25) is 11.8 Å². The highest BCUT2D eigenvalue weighted by Gasteiger charge is 2.74. The van der Waals surface area contributed by atoms with E-state index in [0.717, 1.165) is 51.4 Å². The highest BCUT2D eigenvalue weighted by molar-refractivity contribution is 8.02. The van der Waals surface area contributed by atoms with Crippen LogP contribution >= 0.6 is 11.8 Å². The molecule has 2 unspecified atom stereocenters. The third-order valence-corrected chi connectivity index (χ3v) is 9.55. The molecule has 3 aliphatic rings. The van der Waals surface area contributed by atoms with Crippen molar-refractivity contribution >= 4 is 29.5 Å². The molecule has 1 N–H and O–H groups in total. The van der Waals surface area contributed by atoms with Crippen LogP contribution in [-0.4, -0.2) is 81.6 Å². The molecular weight excluding hydrogens is 464 g/mol. The number of carbonyl (C=O) groups excluding carboxylic acids is 3. The average Bonchev–Trinajstić information content (AvgIpc) is 3.49. The highest BCUT2D eigenvalue weighted by Crippen LogP contribution is 2.66. The van der Waals surface area contributed by atoms with Crippen molar-refractivity contribution in [2.24, 2.45) is 11.8 Å². The molecule has 8 heteroatoms. The summed E-state index contributed by atoms with van der Waals surface area (Å²) in [6.07, 6.45) is 10.7. The lowest BCUT2D eigenvalue weighted by Gasteiger charge is -2.37. The molecule has 3 rings (SSSR count). The Kier molecular flexibility index (Phi) is 10.3. The van der Waals surface area contributed by atoms with Crippen LogP contribution in [0.5, 0.6) is 0 Å². The Morgan fingerprint density at radius 3 is 2.71 bits per heavy atom. The van der Waals surface area contributed by atoms with Crippen LogP contribution in [0.1, 0.15) is 64.7 Å². The van der Waals surface area contributed by atoms with Crippen molar-refractivity contribution < 1.29 is 24.2 Å². The molecule has 2 bridgehead atoms. The summed E-state index contributed by atoms with van der Waals surface area (Å²) in [4.78, 5) is 44.7. The molecule has 3 fully saturated rings. The van der Waals surface area contributed by atoms with Gasteiger partial charge in [0.05, 0.1) is 23.2 Å². The molecule has 0 aliphatic carbocycles. The summed E-state index contributed by atoms with van der Waals surface area (Å²) in [5.41, 5.74) is 0. The first-order chi connectivity index (χ1) is 17.0. The maximum absolute atomic E-state index is 14.0. The molecule has 2 amide bonds. The molecule has 0 aromatic heterocycles. The molecule has 0 aromatic rings. The number of aliphatic hydroxyl groups excluding tert-OH is 1. The molecule has 35 heavy (non-hydrogen) atoms. The van der Waals surface area contributed by atoms with Gasteiger partial charge in [0, 0.05) is 31.5 Å². The summed E-state index contributed by atoms with van der Waals surface area (Å²) in [6.45, 7) is 11.6. The number of hydrogen-bond donors (Lipinski definition) is 1. The van der Waals surface area contributed by atoms with Gasteiger partial charge in [-0.1, -0.05) is 25.5 Å². The largest absolute Gasteiger partial charge is 0.465 e. The van der Waals surface area contributed by atoms with Gasteiger partial charge in [-0.15, -0.1) is 24.9 Å². The minimum absolute atomic E-state index is 0.0196. The van der Waals surface area contributed by atoms with Crippen molar-refractivity contribution in [3.8, 4) is 0 Å². The average molecular weight is 507 g/mol. The van der Waals surface area contributed by atoms with Crippen molar-refractivity contribution in [1.82, 2.24) is 9.80 Å². The number of nitrogens with zero attached hydrogens (tertiary/aromatic N) is 2. The Labute approximate surface area is 214 Å². The van der Waals surface area contributed by atoms with Crippen LogP contribution in [0.3, 0.4) is 0 Å². The molecule has 0 radical (unpaired) electrons. The number of ether oxygens (including phenoxy) is 1. The molecule has 3 heterocycles. The van der Waals surface area contributed by atoms with Crippen LogP contribution in [0, 0.1) is 11.8 Å². The van der Waals surface area contributed by atoms with E-state index in [-0.39, 0.29) is 29.6 Å². The molecule has 0 saturated carbocycles. The minimum atomic E-state index is -0.577. The molecule has 5 atom stereocenters. The van der Waals surface area contributed by atoms with E-state index >= 15 is 0 Å². The quantitative estimate of drug-likeness (QED) is 0.196. The van der Waals surface area contributed by atoms with Crippen molar-refractivity contribution in [3.63, 3.8) is 0 Å². The Morgan fingerprint density at radius 1 is 1.23 bits per heavy atom. The number of amides is 2. The lowest BCUT2D eigenvalue weighted by molar-refractivity contribution is -0.154. The molecule has 0 aromatic carbocycles. The van der Waals surface area contributed by atoms with Crippen molar-refractivity contribution in [2.75, 3.05) is 32.8 Å². The molecule has 196 valence electrons. The van der Waals surface area contributed by atoms with E-state index in [1.807, 2.05) is 4.90 Å². The van der Waals surface area contributed by atoms with Crippen LogP contribution in [0.4, 0.5) is 0 Å². The lowest BCUT2D eigenvalue weighted by atomic mass is 9.71. The van der Waals surface area contributed by atoms with Gasteiger partial charge in [0.15, 0.2) is 0 Å². The first kappa shape index (κ1) is 27.8. The molecule has 7 nitrogen and oxygen atoms in total. The second kappa shape index (κ2) is 12.9. The van der Waals surface area contributed by atoms with Crippen molar-refractivity contribution in [2.45, 2.75) is 80.7 Å². The van der Waals surface area contributed by atoms with Crippen LogP contribution in [0.2, 0.25) is 0 Å². The number of hydrogen-bond acceptors (Lipinski definition) is 6. The van der Waals surface area contributed by atoms with E-state index in [1.165, 1.54) is 0 Å². The highest BCUT2D eigenvalue weighted by atomic mass is 32.2. The monoisotopic (exact) mass is 506 g/mol. The van der Waals surface area contributed by atoms with E-state index < -0.39 is 22.6 Å². The Morgan fingerprint density at radius 2 is 2.03 bits per heavy atom. The number of esters is 1. The smallest absolute Gasteiger partial charge is 0.310 e. The second-order valence-corrected chi connectivity index (χ2v) is 11.5. The molecule has 3 aliphatic heterocycles. The predicted molar refractivity (Wildman–Crippen MR) is 139 cm³/mol. The van der Waals surface area contributed by atoms with Gasteiger partial charge in [-0.25, -0.2) is 0 Å². The number of aliphatic hydroxyl groups is 1. The van der Waals surface area contributed by atoms with Crippen LogP contribution in [0.25, 0.3) is 0 Å². The van der Waals surface area contributed by atoms with Crippen molar-refractivity contribution in [3.05, 3.63) is 25.3 Å². The first-order valence-corrected chi connectivity index (χ1v) is 14.1. The van der Waals surface area contributed by atoms with Gasteiger partial charge in [-0.2, -0.15) is 0 Å². The second-order valence-electron chi connectivity index (χ2n) is 9.90. The molecule has 1 spiro atoms. The zero-order valence-electron chi connectivity index (χ0n) is 21.2. The van der Waals surface area contributed by atoms with Crippen molar-refractivity contribution in [1.29, 1.82) is 0 Å². The normalized spacial score (nSPS) is 28.7. The van der Waals surface area contributed by atoms with Gasteiger partial charge in [-0.3, -0.25) is 14.4 Å².